The summed E-state index contributed by atoms with van der Waals surface area (Å²) in [5.41, 5.74) is 3.43. The number of aromatic nitrogens is 1. The van der Waals surface area contributed by atoms with Crippen LogP contribution in [0.2, 0.25) is 0 Å². The third kappa shape index (κ3) is 2.61. The van der Waals surface area contributed by atoms with E-state index in [4.69, 9.17) is 4.74 Å². The van der Waals surface area contributed by atoms with Gasteiger partial charge in [0, 0.05) is 10.9 Å². The van der Waals surface area contributed by atoms with Gasteiger partial charge in [0.05, 0.1) is 22.3 Å². The minimum absolute atomic E-state index is 0.0359. The van der Waals surface area contributed by atoms with Crippen molar-refractivity contribution in [2.24, 2.45) is 0 Å². The molecule has 1 aromatic carbocycles. The number of halogens is 1. The molecular formula is C11H10BrNO2S. The van der Waals surface area contributed by atoms with E-state index in [1.54, 1.807) is 5.51 Å². The summed E-state index contributed by atoms with van der Waals surface area (Å²) in [6.07, 6.45) is 0. The molecule has 0 aliphatic carbocycles. The van der Waals surface area contributed by atoms with Gasteiger partial charge >= 0.3 is 0 Å². The molecule has 3 nitrogen and oxygen atoms in total. The molecule has 1 aromatic heterocycles. The largest absolute Gasteiger partial charge is 0.486 e. The molecule has 0 unspecified atom stereocenters. The van der Waals surface area contributed by atoms with Crippen LogP contribution in [0.25, 0.3) is 0 Å². The van der Waals surface area contributed by atoms with Crippen molar-refractivity contribution in [3.05, 3.63) is 44.8 Å². The number of para-hydroxylation sites is 1. The van der Waals surface area contributed by atoms with Crippen LogP contribution < -0.4 is 4.74 Å². The zero-order chi connectivity index (χ0) is 11.4. The first kappa shape index (κ1) is 11.6. The van der Waals surface area contributed by atoms with Gasteiger partial charge < -0.3 is 9.84 Å². The van der Waals surface area contributed by atoms with Crippen LogP contribution in [0.5, 0.6) is 5.75 Å². The molecule has 0 aliphatic heterocycles. The monoisotopic (exact) mass is 299 g/mol. The first-order valence-corrected chi connectivity index (χ1v) is 6.43. The Morgan fingerprint density at radius 3 is 3.00 bits per heavy atom. The van der Waals surface area contributed by atoms with Crippen LogP contribution in [0.1, 0.15) is 11.3 Å². The molecule has 1 heterocycles. The van der Waals surface area contributed by atoms with E-state index < -0.39 is 0 Å². The van der Waals surface area contributed by atoms with Gasteiger partial charge in [0.25, 0.3) is 0 Å². The number of rotatable bonds is 4. The molecule has 5 heteroatoms. The van der Waals surface area contributed by atoms with Crippen LogP contribution in [0.15, 0.2) is 33.6 Å². The zero-order valence-corrected chi connectivity index (χ0v) is 10.8. The molecule has 0 saturated heterocycles. The maximum Gasteiger partial charge on any atom is 0.139 e. The SMILES string of the molecule is OCc1cccc(Br)c1OCc1cscn1. The number of benzene rings is 1. The first-order valence-electron chi connectivity index (χ1n) is 4.69. The van der Waals surface area contributed by atoms with Gasteiger partial charge in [0.2, 0.25) is 0 Å². The van der Waals surface area contributed by atoms with E-state index in [-0.39, 0.29) is 6.61 Å². The minimum atomic E-state index is -0.0359. The van der Waals surface area contributed by atoms with Crippen LogP contribution >= 0.6 is 27.3 Å². The van der Waals surface area contributed by atoms with E-state index in [1.807, 2.05) is 23.6 Å². The standard InChI is InChI=1S/C11H10BrNO2S/c12-10-3-1-2-8(4-14)11(10)15-5-9-6-16-7-13-9/h1-3,6-7,14H,4-5H2. The number of thiazole rings is 1. The summed E-state index contributed by atoms with van der Waals surface area (Å²) < 4.78 is 6.48. The van der Waals surface area contributed by atoms with Crippen molar-refractivity contribution in [3.63, 3.8) is 0 Å². The predicted octanol–water partition coefficient (Wildman–Crippen LogP) is 2.98. The van der Waals surface area contributed by atoms with Crippen LogP contribution in [-0.2, 0) is 13.2 Å². The quantitative estimate of drug-likeness (QED) is 0.944. The Bertz CT molecular complexity index is 459. The maximum atomic E-state index is 9.19. The van der Waals surface area contributed by atoms with Crippen molar-refractivity contribution in [3.8, 4) is 5.75 Å². The molecule has 0 bridgehead atoms. The lowest BCUT2D eigenvalue weighted by Gasteiger charge is -2.10. The Balaban J connectivity index is 2.14. The fourth-order valence-corrected chi connectivity index (χ4v) is 2.36. The van der Waals surface area contributed by atoms with Crippen molar-refractivity contribution in [1.82, 2.24) is 4.98 Å². The van der Waals surface area contributed by atoms with Gasteiger partial charge in [-0.3, -0.25) is 0 Å². The van der Waals surface area contributed by atoms with Crippen molar-refractivity contribution in [1.29, 1.82) is 0 Å². The van der Waals surface area contributed by atoms with E-state index in [9.17, 15) is 5.11 Å². The van der Waals surface area contributed by atoms with Crippen molar-refractivity contribution >= 4 is 27.3 Å². The molecule has 1 N–H and O–H groups in total. The number of aliphatic hydroxyl groups is 1. The highest BCUT2D eigenvalue weighted by molar-refractivity contribution is 9.10. The summed E-state index contributed by atoms with van der Waals surface area (Å²) in [6, 6.07) is 5.59. The molecule has 0 atom stereocenters. The average Bonchev–Trinajstić information content (AvgIpc) is 2.80. The highest BCUT2D eigenvalue weighted by Crippen LogP contribution is 2.29. The number of hydrogen-bond donors (Lipinski definition) is 1. The molecular weight excluding hydrogens is 290 g/mol. The molecule has 0 saturated carbocycles. The summed E-state index contributed by atoms with van der Waals surface area (Å²) in [6.45, 7) is 0.380. The summed E-state index contributed by atoms with van der Waals surface area (Å²) >= 11 is 4.93. The number of aliphatic hydroxyl groups excluding tert-OH is 1. The highest BCUT2D eigenvalue weighted by Gasteiger charge is 2.07. The highest BCUT2D eigenvalue weighted by atomic mass is 79.9. The first-order chi connectivity index (χ1) is 7.81. The third-order valence-electron chi connectivity index (χ3n) is 2.07. The summed E-state index contributed by atoms with van der Waals surface area (Å²) in [5, 5.41) is 11.1. The molecule has 84 valence electrons. The van der Waals surface area contributed by atoms with Crippen LogP contribution in [0, 0.1) is 0 Å². The summed E-state index contributed by atoms with van der Waals surface area (Å²) in [5.74, 6) is 0.679. The van der Waals surface area contributed by atoms with Crippen molar-refractivity contribution in [2.45, 2.75) is 13.2 Å². The van der Waals surface area contributed by atoms with Gasteiger partial charge in [0.1, 0.15) is 12.4 Å². The lowest BCUT2D eigenvalue weighted by Crippen LogP contribution is -1.99. The van der Waals surface area contributed by atoms with Crippen LogP contribution in [0.3, 0.4) is 0 Å². The van der Waals surface area contributed by atoms with E-state index >= 15 is 0 Å². The van der Waals surface area contributed by atoms with Crippen molar-refractivity contribution < 1.29 is 9.84 Å². The topological polar surface area (TPSA) is 42.4 Å². The van der Waals surface area contributed by atoms with E-state index in [2.05, 4.69) is 20.9 Å². The lowest BCUT2D eigenvalue weighted by atomic mass is 10.2. The Kier molecular flexibility index (Phi) is 3.93. The van der Waals surface area contributed by atoms with Crippen LogP contribution in [0.4, 0.5) is 0 Å². The summed E-state index contributed by atoms with van der Waals surface area (Å²) in [4.78, 5) is 4.13. The number of ether oxygens (including phenoxy) is 1. The zero-order valence-electron chi connectivity index (χ0n) is 8.39. The summed E-state index contributed by atoms with van der Waals surface area (Å²) in [7, 11) is 0. The normalized spacial score (nSPS) is 10.4. The Morgan fingerprint density at radius 1 is 1.44 bits per heavy atom. The molecule has 2 aromatic rings. The van der Waals surface area contributed by atoms with Gasteiger partial charge in [-0.2, -0.15) is 0 Å². The number of hydrogen-bond acceptors (Lipinski definition) is 4. The van der Waals surface area contributed by atoms with Gasteiger partial charge in [0.15, 0.2) is 0 Å². The molecule has 0 amide bonds. The minimum Gasteiger partial charge on any atom is -0.486 e. The van der Waals surface area contributed by atoms with E-state index in [1.165, 1.54) is 11.3 Å². The average molecular weight is 300 g/mol. The van der Waals surface area contributed by atoms with Gasteiger partial charge in [-0.05, 0) is 22.0 Å². The van der Waals surface area contributed by atoms with Gasteiger partial charge in [-0.15, -0.1) is 11.3 Å². The third-order valence-corrected chi connectivity index (χ3v) is 3.33. The Morgan fingerprint density at radius 2 is 2.31 bits per heavy atom. The second-order valence-corrected chi connectivity index (χ2v) is 4.73. The van der Waals surface area contributed by atoms with Gasteiger partial charge in [-0.25, -0.2) is 4.98 Å². The molecule has 16 heavy (non-hydrogen) atoms. The molecule has 0 radical (unpaired) electrons. The molecule has 0 fully saturated rings. The Labute approximate surface area is 106 Å². The lowest BCUT2D eigenvalue weighted by molar-refractivity contribution is 0.257. The molecule has 0 spiro atoms. The predicted molar refractivity (Wildman–Crippen MR) is 66.5 cm³/mol. The smallest absolute Gasteiger partial charge is 0.139 e. The van der Waals surface area contributed by atoms with E-state index in [0.29, 0.717) is 12.4 Å². The van der Waals surface area contributed by atoms with Gasteiger partial charge in [-0.1, -0.05) is 12.1 Å². The fourth-order valence-electron chi connectivity index (χ4n) is 1.29. The van der Waals surface area contributed by atoms with Crippen LogP contribution in [-0.4, -0.2) is 10.1 Å². The maximum absolute atomic E-state index is 9.19. The Hall–Kier alpha value is -0.910. The molecule has 2 rings (SSSR count). The second kappa shape index (κ2) is 5.43. The van der Waals surface area contributed by atoms with Crippen molar-refractivity contribution in [2.75, 3.05) is 0 Å². The second-order valence-electron chi connectivity index (χ2n) is 3.15. The molecule has 0 aliphatic rings. The van der Waals surface area contributed by atoms with E-state index in [0.717, 1.165) is 15.7 Å². The fraction of sp³-hybridized carbons (Fsp3) is 0.182. The number of nitrogens with zero attached hydrogens (tertiary/aromatic N) is 1.